The van der Waals surface area contributed by atoms with Crippen molar-refractivity contribution in [1.82, 2.24) is 0 Å². The predicted octanol–water partition coefficient (Wildman–Crippen LogP) is 5.24. The minimum atomic E-state index is -1.94. The van der Waals surface area contributed by atoms with Gasteiger partial charge in [0.15, 0.2) is 8.32 Å². The molecule has 0 saturated carbocycles. The average molecular weight is 515 g/mol. The van der Waals surface area contributed by atoms with E-state index in [1.807, 2.05) is 20.8 Å². The molecule has 2 aliphatic rings. The van der Waals surface area contributed by atoms with E-state index in [4.69, 9.17) is 18.6 Å². The summed E-state index contributed by atoms with van der Waals surface area (Å²) in [4.78, 5) is 23.9. The lowest BCUT2D eigenvalue weighted by Crippen LogP contribution is -2.46. The topological polar surface area (TPSA) is 94.6 Å². The Hall–Kier alpha value is -0.963. The normalized spacial score (nSPS) is 32.8. The molecule has 0 bridgehead atoms. The SMILES string of the molecule is CC(=O)O[C@@H]1CC(=O)O[C@H]([C@H](C)[C@@H](O)[C@@]2(C)O[C@@H]2C[C@H](O[Si](C)(C)C(C)(C)C)C(C)C)CC[C@@H]1C. The first-order valence-electron chi connectivity index (χ1n) is 13.3. The largest absolute Gasteiger partial charge is 0.462 e. The molecule has 8 heteroatoms. The van der Waals surface area contributed by atoms with Crippen molar-refractivity contribution >= 4 is 20.3 Å². The molecule has 0 aromatic heterocycles. The highest BCUT2D eigenvalue weighted by molar-refractivity contribution is 6.74. The first kappa shape index (κ1) is 30.3. The molecule has 0 amide bonds. The van der Waals surface area contributed by atoms with Crippen LogP contribution in [0.15, 0.2) is 0 Å². The summed E-state index contributed by atoms with van der Waals surface area (Å²) in [6.45, 7) is 22.8. The molecule has 204 valence electrons. The fourth-order valence-electron chi connectivity index (χ4n) is 4.76. The van der Waals surface area contributed by atoms with Gasteiger partial charge in [-0.05, 0) is 49.7 Å². The smallest absolute Gasteiger partial charge is 0.309 e. The maximum absolute atomic E-state index is 12.5. The Morgan fingerprint density at radius 1 is 1.23 bits per heavy atom. The number of hydrogen-bond acceptors (Lipinski definition) is 7. The van der Waals surface area contributed by atoms with E-state index in [9.17, 15) is 14.7 Å². The van der Waals surface area contributed by atoms with Gasteiger partial charge in [-0.3, -0.25) is 9.59 Å². The number of ether oxygens (including phenoxy) is 3. The van der Waals surface area contributed by atoms with Crippen molar-refractivity contribution in [3.05, 3.63) is 0 Å². The maximum Gasteiger partial charge on any atom is 0.309 e. The van der Waals surface area contributed by atoms with Gasteiger partial charge in [-0.15, -0.1) is 0 Å². The van der Waals surface area contributed by atoms with E-state index in [0.717, 1.165) is 12.8 Å². The molecule has 2 heterocycles. The summed E-state index contributed by atoms with van der Waals surface area (Å²) >= 11 is 0. The van der Waals surface area contributed by atoms with Gasteiger partial charge in [0, 0.05) is 25.4 Å². The van der Waals surface area contributed by atoms with Crippen LogP contribution in [0.2, 0.25) is 18.1 Å². The summed E-state index contributed by atoms with van der Waals surface area (Å²) in [5.41, 5.74) is -0.690. The van der Waals surface area contributed by atoms with Crippen LogP contribution in [0.4, 0.5) is 0 Å². The van der Waals surface area contributed by atoms with Crippen LogP contribution in [0.3, 0.4) is 0 Å². The zero-order valence-corrected chi connectivity index (χ0v) is 24.8. The number of epoxide rings is 1. The number of cyclic esters (lactones) is 1. The minimum absolute atomic E-state index is 0.0390. The van der Waals surface area contributed by atoms with E-state index in [2.05, 4.69) is 47.7 Å². The van der Waals surface area contributed by atoms with E-state index in [0.29, 0.717) is 12.3 Å². The Morgan fingerprint density at radius 2 is 1.83 bits per heavy atom. The molecule has 0 aliphatic carbocycles. The highest BCUT2D eigenvalue weighted by Gasteiger charge is 2.60. The molecule has 0 aromatic carbocycles. The first-order chi connectivity index (χ1) is 15.9. The minimum Gasteiger partial charge on any atom is -0.462 e. The van der Waals surface area contributed by atoms with E-state index in [-0.39, 0.29) is 35.5 Å². The van der Waals surface area contributed by atoms with Gasteiger partial charge in [-0.2, -0.15) is 0 Å². The van der Waals surface area contributed by atoms with Gasteiger partial charge in [0.05, 0.1) is 18.6 Å². The number of rotatable bonds is 9. The molecule has 2 fully saturated rings. The molecular weight excluding hydrogens is 464 g/mol. The van der Waals surface area contributed by atoms with Crippen LogP contribution >= 0.6 is 0 Å². The molecule has 8 atom stereocenters. The number of aliphatic hydroxyl groups is 1. The number of hydrogen-bond donors (Lipinski definition) is 1. The molecule has 0 radical (unpaired) electrons. The van der Waals surface area contributed by atoms with E-state index in [1.54, 1.807) is 0 Å². The van der Waals surface area contributed by atoms with Gasteiger partial charge in [-0.25, -0.2) is 0 Å². The zero-order chi connectivity index (χ0) is 26.9. The third kappa shape index (κ3) is 7.52. The fourth-order valence-corrected chi connectivity index (χ4v) is 6.24. The van der Waals surface area contributed by atoms with Crippen LogP contribution < -0.4 is 0 Å². The van der Waals surface area contributed by atoms with Crippen LogP contribution in [0.25, 0.3) is 0 Å². The van der Waals surface area contributed by atoms with Gasteiger partial charge >= 0.3 is 11.9 Å². The summed E-state index contributed by atoms with van der Waals surface area (Å²) in [5, 5.41) is 11.4. The highest BCUT2D eigenvalue weighted by Crippen LogP contribution is 2.47. The van der Waals surface area contributed by atoms with E-state index < -0.39 is 44.2 Å². The van der Waals surface area contributed by atoms with Gasteiger partial charge in [0.2, 0.25) is 0 Å². The summed E-state index contributed by atoms with van der Waals surface area (Å²) in [5.74, 6) is -0.695. The Balaban J connectivity index is 2.03. The van der Waals surface area contributed by atoms with Crippen LogP contribution in [0, 0.1) is 17.8 Å². The summed E-state index contributed by atoms with van der Waals surface area (Å²) < 4.78 is 23.9. The summed E-state index contributed by atoms with van der Waals surface area (Å²) in [6.07, 6.45) is 0.416. The quantitative estimate of drug-likeness (QED) is 0.255. The average Bonchev–Trinajstić information content (AvgIpc) is 3.36. The van der Waals surface area contributed by atoms with Crippen molar-refractivity contribution in [3.8, 4) is 0 Å². The molecule has 0 aromatic rings. The molecule has 2 aliphatic heterocycles. The highest BCUT2D eigenvalue weighted by atomic mass is 28.4. The van der Waals surface area contributed by atoms with E-state index in [1.165, 1.54) is 6.92 Å². The lowest BCUT2D eigenvalue weighted by Gasteiger charge is -2.40. The van der Waals surface area contributed by atoms with Crippen LogP contribution in [-0.2, 0) is 28.2 Å². The van der Waals surface area contributed by atoms with Crippen LogP contribution in [0.5, 0.6) is 0 Å². The van der Waals surface area contributed by atoms with Crippen molar-refractivity contribution in [2.24, 2.45) is 17.8 Å². The Bertz CT molecular complexity index is 746. The second kappa shape index (κ2) is 11.2. The third-order valence-electron chi connectivity index (χ3n) is 8.60. The molecule has 35 heavy (non-hydrogen) atoms. The standard InChI is InChI=1S/C27H50O7Si/c1-16(2)21(34-35(10,11)26(6,7)8)14-23-27(9,33-23)25(30)18(4)20-13-12-17(3)22(31-19(5)28)15-24(29)32-20/h16-18,20-23,25,30H,12-15H2,1-11H3/t17-,18-,20-,21-,22+,23+,25+,27-/m0/s1. The Labute approximate surface area is 213 Å². The van der Waals surface area contributed by atoms with Crippen molar-refractivity contribution < 1.29 is 33.3 Å². The number of esters is 2. The number of aliphatic hydroxyl groups excluding tert-OH is 1. The maximum atomic E-state index is 12.5. The monoisotopic (exact) mass is 514 g/mol. The van der Waals surface area contributed by atoms with Gasteiger partial charge in [0.1, 0.15) is 17.8 Å². The molecule has 2 rings (SSSR count). The number of carbonyl (C=O) groups is 2. The second-order valence-electron chi connectivity index (χ2n) is 12.9. The molecule has 0 spiro atoms. The summed E-state index contributed by atoms with van der Waals surface area (Å²) in [6, 6.07) is 0. The fraction of sp³-hybridized carbons (Fsp3) is 0.926. The summed E-state index contributed by atoms with van der Waals surface area (Å²) in [7, 11) is -1.94. The lowest BCUT2D eigenvalue weighted by atomic mass is 9.82. The predicted molar refractivity (Wildman–Crippen MR) is 138 cm³/mol. The van der Waals surface area contributed by atoms with Crippen LogP contribution in [-0.4, -0.2) is 61.5 Å². The zero-order valence-electron chi connectivity index (χ0n) is 23.8. The van der Waals surface area contributed by atoms with E-state index >= 15 is 0 Å². The molecule has 1 N–H and O–H groups in total. The first-order valence-corrected chi connectivity index (χ1v) is 16.2. The van der Waals surface area contributed by atoms with Gasteiger partial charge in [0.25, 0.3) is 0 Å². The Kier molecular flexibility index (Phi) is 9.68. The number of carbonyl (C=O) groups excluding carboxylic acids is 2. The van der Waals surface area contributed by atoms with Gasteiger partial charge < -0.3 is 23.7 Å². The molecule has 7 nitrogen and oxygen atoms in total. The van der Waals surface area contributed by atoms with Crippen molar-refractivity contribution in [1.29, 1.82) is 0 Å². The lowest BCUT2D eigenvalue weighted by molar-refractivity contribution is -0.167. The molecular formula is C27H50O7Si. The van der Waals surface area contributed by atoms with Gasteiger partial charge in [-0.1, -0.05) is 48.5 Å². The van der Waals surface area contributed by atoms with Crippen molar-refractivity contribution in [2.75, 3.05) is 0 Å². The molecule has 2 saturated heterocycles. The van der Waals surface area contributed by atoms with Crippen molar-refractivity contribution in [3.63, 3.8) is 0 Å². The van der Waals surface area contributed by atoms with Crippen LogP contribution in [0.1, 0.15) is 88.0 Å². The third-order valence-corrected chi connectivity index (χ3v) is 13.1. The Morgan fingerprint density at radius 3 is 2.34 bits per heavy atom. The second-order valence-corrected chi connectivity index (χ2v) is 17.7. The van der Waals surface area contributed by atoms with Crippen molar-refractivity contribution in [2.45, 2.75) is 142 Å². The molecule has 0 unspecified atom stereocenters.